The molecule has 2 bridgehead atoms. The molecule has 0 amide bonds. The van der Waals surface area contributed by atoms with E-state index in [2.05, 4.69) is 19.3 Å². The van der Waals surface area contributed by atoms with Crippen LogP contribution in [-0.4, -0.2) is 26.8 Å². The highest BCUT2D eigenvalue weighted by atomic mass is 16.5. The molecule has 2 rings (SSSR count). The predicted molar refractivity (Wildman–Crippen MR) is 62.9 cm³/mol. The average Bonchev–Trinajstić information content (AvgIpc) is 2.78. The SMILES string of the molecule is CNCC1(CC(C)OC)CC2CCC1C2. The lowest BCUT2D eigenvalue weighted by Gasteiger charge is -2.39. The Balaban J connectivity index is 2.04. The van der Waals surface area contributed by atoms with E-state index in [1.807, 2.05) is 7.11 Å². The van der Waals surface area contributed by atoms with Gasteiger partial charge in [-0.15, -0.1) is 0 Å². The number of hydrogen-bond donors (Lipinski definition) is 1. The van der Waals surface area contributed by atoms with Crippen molar-refractivity contribution >= 4 is 0 Å². The van der Waals surface area contributed by atoms with Crippen LogP contribution in [0.4, 0.5) is 0 Å². The molecular formula is C13H25NO. The van der Waals surface area contributed by atoms with Crippen molar-refractivity contribution in [2.24, 2.45) is 17.3 Å². The lowest BCUT2D eigenvalue weighted by atomic mass is 9.69. The maximum absolute atomic E-state index is 5.46. The van der Waals surface area contributed by atoms with Crippen LogP contribution in [0, 0.1) is 17.3 Å². The normalized spacial score (nSPS) is 41.0. The van der Waals surface area contributed by atoms with Gasteiger partial charge >= 0.3 is 0 Å². The smallest absolute Gasteiger partial charge is 0.0549 e. The first-order chi connectivity index (χ1) is 7.20. The van der Waals surface area contributed by atoms with Crippen molar-refractivity contribution in [2.45, 2.75) is 45.1 Å². The van der Waals surface area contributed by atoms with E-state index in [-0.39, 0.29) is 0 Å². The van der Waals surface area contributed by atoms with Crippen LogP contribution in [0.5, 0.6) is 0 Å². The number of nitrogens with one attached hydrogen (secondary N) is 1. The minimum atomic E-state index is 0.415. The second-order valence-corrected chi connectivity index (χ2v) is 5.72. The highest BCUT2D eigenvalue weighted by Crippen LogP contribution is 2.57. The molecule has 2 heteroatoms. The van der Waals surface area contributed by atoms with Crippen LogP contribution in [0.15, 0.2) is 0 Å². The maximum atomic E-state index is 5.46. The summed E-state index contributed by atoms with van der Waals surface area (Å²) in [6.45, 7) is 3.39. The summed E-state index contributed by atoms with van der Waals surface area (Å²) in [5, 5.41) is 3.41. The monoisotopic (exact) mass is 211 g/mol. The average molecular weight is 211 g/mol. The first-order valence-corrected chi connectivity index (χ1v) is 6.37. The number of methoxy groups -OCH3 is 1. The Morgan fingerprint density at radius 3 is 2.73 bits per heavy atom. The van der Waals surface area contributed by atoms with Gasteiger partial charge in [-0.1, -0.05) is 6.42 Å². The summed E-state index contributed by atoms with van der Waals surface area (Å²) in [4.78, 5) is 0. The highest BCUT2D eigenvalue weighted by molar-refractivity contribution is 5.01. The Hall–Kier alpha value is -0.0800. The molecule has 2 fully saturated rings. The second kappa shape index (κ2) is 4.42. The summed E-state index contributed by atoms with van der Waals surface area (Å²) in [5.41, 5.74) is 0.549. The Morgan fingerprint density at radius 2 is 2.27 bits per heavy atom. The zero-order chi connectivity index (χ0) is 10.9. The van der Waals surface area contributed by atoms with Gasteiger partial charge in [0, 0.05) is 13.7 Å². The Morgan fingerprint density at radius 1 is 1.47 bits per heavy atom. The lowest BCUT2D eigenvalue weighted by molar-refractivity contribution is 0.0366. The van der Waals surface area contributed by atoms with E-state index in [0.717, 1.165) is 11.8 Å². The molecule has 4 atom stereocenters. The van der Waals surface area contributed by atoms with Gasteiger partial charge in [0.25, 0.3) is 0 Å². The van der Waals surface area contributed by atoms with Gasteiger partial charge in [-0.3, -0.25) is 0 Å². The molecule has 0 aliphatic heterocycles. The van der Waals surface area contributed by atoms with Gasteiger partial charge < -0.3 is 10.1 Å². The molecule has 4 unspecified atom stereocenters. The lowest BCUT2D eigenvalue weighted by Crippen LogP contribution is -2.40. The molecule has 0 radical (unpaired) electrons. The number of rotatable bonds is 5. The zero-order valence-electron chi connectivity index (χ0n) is 10.4. The van der Waals surface area contributed by atoms with Crippen molar-refractivity contribution in [3.8, 4) is 0 Å². The van der Waals surface area contributed by atoms with Crippen LogP contribution < -0.4 is 5.32 Å². The third kappa shape index (κ3) is 2.07. The molecule has 88 valence electrons. The Labute approximate surface area is 93.8 Å². The third-order valence-corrected chi connectivity index (χ3v) is 4.73. The summed E-state index contributed by atoms with van der Waals surface area (Å²) < 4.78 is 5.46. The van der Waals surface area contributed by atoms with Crippen LogP contribution >= 0.6 is 0 Å². The first kappa shape index (κ1) is 11.4. The van der Waals surface area contributed by atoms with E-state index in [1.165, 1.54) is 38.6 Å². The molecule has 0 saturated heterocycles. The molecular weight excluding hydrogens is 186 g/mol. The second-order valence-electron chi connectivity index (χ2n) is 5.72. The van der Waals surface area contributed by atoms with Gasteiger partial charge in [0.1, 0.15) is 0 Å². The van der Waals surface area contributed by atoms with Crippen molar-refractivity contribution in [1.29, 1.82) is 0 Å². The van der Waals surface area contributed by atoms with Gasteiger partial charge in [0.15, 0.2) is 0 Å². The summed E-state index contributed by atoms with van der Waals surface area (Å²) in [6.07, 6.45) is 7.52. The van der Waals surface area contributed by atoms with Crippen molar-refractivity contribution in [3.63, 3.8) is 0 Å². The molecule has 2 nitrogen and oxygen atoms in total. The van der Waals surface area contributed by atoms with Crippen LogP contribution in [0.2, 0.25) is 0 Å². The van der Waals surface area contributed by atoms with E-state index in [9.17, 15) is 0 Å². The highest BCUT2D eigenvalue weighted by Gasteiger charge is 2.50. The van der Waals surface area contributed by atoms with E-state index in [1.54, 1.807) is 0 Å². The van der Waals surface area contributed by atoms with Gasteiger partial charge in [-0.05, 0) is 56.9 Å². The van der Waals surface area contributed by atoms with Gasteiger partial charge in [-0.2, -0.15) is 0 Å². The molecule has 0 aromatic carbocycles. The predicted octanol–water partition coefficient (Wildman–Crippen LogP) is 2.44. The fraction of sp³-hybridized carbons (Fsp3) is 1.00. The van der Waals surface area contributed by atoms with E-state index in [4.69, 9.17) is 4.74 Å². The van der Waals surface area contributed by atoms with Gasteiger partial charge in [0.05, 0.1) is 6.10 Å². The van der Waals surface area contributed by atoms with Crippen LogP contribution in [0.25, 0.3) is 0 Å². The van der Waals surface area contributed by atoms with E-state index < -0.39 is 0 Å². The number of fused-ring (bicyclic) bond motifs is 2. The fourth-order valence-corrected chi connectivity index (χ4v) is 4.10. The zero-order valence-corrected chi connectivity index (χ0v) is 10.4. The standard InChI is InChI=1S/C13H25NO/c1-10(15-3)7-13(9-14-2)8-11-4-5-12(13)6-11/h10-12,14H,4-9H2,1-3H3. The van der Waals surface area contributed by atoms with E-state index in [0.29, 0.717) is 11.5 Å². The summed E-state index contributed by atoms with van der Waals surface area (Å²) in [6, 6.07) is 0. The van der Waals surface area contributed by atoms with Crippen molar-refractivity contribution in [1.82, 2.24) is 5.32 Å². The summed E-state index contributed by atoms with van der Waals surface area (Å²) in [5.74, 6) is 1.99. The first-order valence-electron chi connectivity index (χ1n) is 6.37. The van der Waals surface area contributed by atoms with Crippen molar-refractivity contribution in [2.75, 3.05) is 20.7 Å². The fourth-order valence-electron chi connectivity index (χ4n) is 4.10. The Bertz CT molecular complexity index is 219. The maximum Gasteiger partial charge on any atom is 0.0549 e. The van der Waals surface area contributed by atoms with E-state index >= 15 is 0 Å². The molecule has 0 aromatic heterocycles. The molecule has 2 aliphatic rings. The largest absolute Gasteiger partial charge is 0.382 e. The molecule has 1 N–H and O–H groups in total. The minimum absolute atomic E-state index is 0.415. The summed E-state index contributed by atoms with van der Waals surface area (Å²) >= 11 is 0. The van der Waals surface area contributed by atoms with Crippen molar-refractivity contribution in [3.05, 3.63) is 0 Å². The molecule has 0 heterocycles. The quantitative estimate of drug-likeness (QED) is 0.754. The molecule has 2 aliphatic carbocycles. The van der Waals surface area contributed by atoms with Gasteiger partial charge in [0.2, 0.25) is 0 Å². The van der Waals surface area contributed by atoms with Crippen LogP contribution in [0.1, 0.15) is 39.0 Å². The number of ether oxygens (including phenoxy) is 1. The summed E-state index contributed by atoms with van der Waals surface area (Å²) in [7, 11) is 3.93. The molecule has 0 aromatic rings. The topological polar surface area (TPSA) is 21.3 Å². The van der Waals surface area contributed by atoms with Crippen LogP contribution in [0.3, 0.4) is 0 Å². The third-order valence-electron chi connectivity index (χ3n) is 4.73. The molecule has 15 heavy (non-hydrogen) atoms. The van der Waals surface area contributed by atoms with Crippen LogP contribution in [-0.2, 0) is 4.74 Å². The van der Waals surface area contributed by atoms with Gasteiger partial charge in [-0.25, -0.2) is 0 Å². The molecule has 2 saturated carbocycles. The number of hydrogen-bond acceptors (Lipinski definition) is 2. The molecule has 0 spiro atoms. The Kier molecular flexibility index (Phi) is 3.36. The minimum Gasteiger partial charge on any atom is -0.382 e. The van der Waals surface area contributed by atoms with Crippen molar-refractivity contribution < 1.29 is 4.74 Å².